The van der Waals surface area contributed by atoms with Gasteiger partial charge in [0.2, 0.25) is 5.91 Å². The summed E-state index contributed by atoms with van der Waals surface area (Å²) in [5.41, 5.74) is 8.23. The van der Waals surface area contributed by atoms with Crippen molar-refractivity contribution in [2.75, 3.05) is 6.54 Å². The smallest absolute Gasteiger partial charge is 0.222 e. The maximum Gasteiger partial charge on any atom is 0.222 e. The quantitative estimate of drug-likeness (QED) is 0.763. The maximum atomic E-state index is 12.1. The normalized spacial score (nSPS) is 27.1. The van der Waals surface area contributed by atoms with Gasteiger partial charge in [0.25, 0.3) is 0 Å². The lowest BCUT2D eigenvalue weighted by Crippen LogP contribution is -2.39. The van der Waals surface area contributed by atoms with Crippen LogP contribution in [-0.4, -0.2) is 17.4 Å². The molecule has 0 fully saturated rings. The summed E-state index contributed by atoms with van der Waals surface area (Å²) in [6, 6.07) is 4.06. The third-order valence-electron chi connectivity index (χ3n) is 4.25. The number of rotatable bonds is 0. The molecule has 0 spiro atoms. The van der Waals surface area contributed by atoms with Crippen molar-refractivity contribution >= 4 is 5.91 Å². The number of amides is 1. The fourth-order valence-electron chi connectivity index (χ4n) is 2.58. The Kier molecular flexibility index (Phi) is 4.43. The maximum absolute atomic E-state index is 12.1. The largest absolute Gasteiger partial charge is 0.355 e. The van der Waals surface area contributed by atoms with Gasteiger partial charge in [-0.05, 0) is 30.5 Å². The Labute approximate surface area is 121 Å². The number of nitrogens with one attached hydrogen (secondary N) is 1. The number of nitrogens with two attached hydrogens (primary N) is 1. The molecular formula is C16H25N3O. The van der Waals surface area contributed by atoms with Crippen molar-refractivity contribution in [2.45, 2.75) is 51.5 Å². The average molecular weight is 275 g/mol. The Morgan fingerprint density at radius 1 is 1.40 bits per heavy atom. The molecule has 20 heavy (non-hydrogen) atoms. The van der Waals surface area contributed by atoms with E-state index in [1.54, 1.807) is 0 Å². The molecule has 4 heteroatoms. The average Bonchev–Trinajstić information content (AvgIpc) is 2.43. The first kappa shape index (κ1) is 15.0. The summed E-state index contributed by atoms with van der Waals surface area (Å²) < 4.78 is 0. The zero-order valence-corrected chi connectivity index (χ0v) is 12.6. The molecule has 4 nitrogen and oxygen atoms in total. The number of hydrogen-bond acceptors (Lipinski definition) is 3. The zero-order valence-electron chi connectivity index (χ0n) is 12.6. The van der Waals surface area contributed by atoms with Crippen molar-refractivity contribution < 1.29 is 4.79 Å². The van der Waals surface area contributed by atoms with Gasteiger partial charge in [0.05, 0.1) is 5.69 Å². The molecule has 0 aromatic carbocycles. The minimum Gasteiger partial charge on any atom is -0.355 e. The lowest BCUT2D eigenvalue weighted by atomic mass is 9.83. The minimum atomic E-state index is -0.119. The fourth-order valence-corrected chi connectivity index (χ4v) is 2.58. The van der Waals surface area contributed by atoms with Gasteiger partial charge in [-0.1, -0.05) is 27.2 Å². The monoisotopic (exact) mass is 275 g/mol. The predicted molar refractivity (Wildman–Crippen MR) is 80.2 cm³/mol. The molecule has 0 radical (unpaired) electrons. The van der Waals surface area contributed by atoms with E-state index in [0.29, 0.717) is 6.54 Å². The van der Waals surface area contributed by atoms with E-state index in [1.165, 1.54) is 5.56 Å². The molecule has 110 valence electrons. The van der Waals surface area contributed by atoms with Crippen molar-refractivity contribution in [1.82, 2.24) is 10.3 Å². The Morgan fingerprint density at radius 3 is 2.90 bits per heavy atom. The first-order chi connectivity index (χ1) is 9.40. The van der Waals surface area contributed by atoms with Crippen LogP contribution in [0.15, 0.2) is 18.3 Å². The van der Waals surface area contributed by atoms with Crippen LogP contribution in [0.25, 0.3) is 0 Å². The Morgan fingerprint density at radius 2 is 2.15 bits per heavy atom. The summed E-state index contributed by atoms with van der Waals surface area (Å²) in [6.07, 6.45) is 4.52. The molecule has 2 bridgehead atoms. The highest BCUT2D eigenvalue weighted by atomic mass is 16.1. The summed E-state index contributed by atoms with van der Waals surface area (Å²) in [7, 11) is 0. The van der Waals surface area contributed by atoms with Gasteiger partial charge in [-0.3, -0.25) is 9.78 Å². The van der Waals surface area contributed by atoms with Crippen molar-refractivity contribution in [3.8, 4) is 0 Å². The molecule has 2 atom stereocenters. The Hall–Kier alpha value is -1.42. The minimum absolute atomic E-state index is 0.0413. The van der Waals surface area contributed by atoms with Crippen LogP contribution in [0.4, 0.5) is 0 Å². The third kappa shape index (κ3) is 3.37. The van der Waals surface area contributed by atoms with Gasteiger partial charge in [-0.2, -0.15) is 0 Å². The van der Waals surface area contributed by atoms with E-state index in [4.69, 9.17) is 5.73 Å². The molecular weight excluding hydrogens is 250 g/mol. The zero-order chi connectivity index (χ0) is 14.8. The van der Waals surface area contributed by atoms with Crippen LogP contribution in [0.1, 0.15) is 57.3 Å². The molecule has 0 aliphatic carbocycles. The molecule has 1 amide bonds. The number of carbonyl (C=O) groups excluding carboxylic acids is 1. The van der Waals surface area contributed by atoms with Crippen LogP contribution in [0.3, 0.4) is 0 Å². The molecule has 1 aliphatic rings. The second-order valence-corrected chi connectivity index (χ2v) is 6.51. The van der Waals surface area contributed by atoms with Gasteiger partial charge < -0.3 is 11.1 Å². The number of nitrogens with zero attached hydrogens (tertiary/aromatic N) is 1. The molecule has 1 aromatic heterocycles. The van der Waals surface area contributed by atoms with Crippen molar-refractivity contribution in [1.29, 1.82) is 0 Å². The van der Waals surface area contributed by atoms with Crippen LogP contribution >= 0.6 is 0 Å². The standard InChI is InChI=1S/C16H25N3O/c1-11-5-4-6-13(17)14-9-12(7-8-18-14)16(2,3)10-19-15(11)20/h7-9,11,13H,4-6,10,17H2,1-3H3,(H,19,20)/t11-,13+/m1/s1. The highest BCUT2D eigenvalue weighted by Gasteiger charge is 2.25. The van der Waals surface area contributed by atoms with E-state index in [1.807, 2.05) is 19.2 Å². The molecule has 2 heterocycles. The van der Waals surface area contributed by atoms with Gasteiger partial charge in [0.15, 0.2) is 0 Å². The summed E-state index contributed by atoms with van der Waals surface area (Å²) >= 11 is 0. The highest BCUT2D eigenvalue weighted by Crippen LogP contribution is 2.26. The molecule has 2 rings (SSSR count). The van der Waals surface area contributed by atoms with Crippen molar-refractivity contribution in [3.05, 3.63) is 29.6 Å². The van der Waals surface area contributed by atoms with E-state index in [9.17, 15) is 4.79 Å². The van der Waals surface area contributed by atoms with Crippen molar-refractivity contribution in [2.24, 2.45) is 11.7 Å². The predicted octanol–water partition coefficient (Wildman–Crippen LogP) is 2.30. The summed E-state index contributed by atoms with van der Waals surface area (Å²) in [4.78, 5) is 16.5. The summed E-state index contributed by atoms with van der Waals surface area (Å²) in [6.45, 7) is 6.88. The Bertz CT molecular complexity index is 484. The molecule has 0 saturated heterocycles. The molecule has 1 aliphatic heterocycles. The topological polar surface area (TPSA) is 68.0 Å². The van der Waals surface area contributed by atoms with Gasteiger partial charge >= 0.3 is 0 Å². The number of aromatic nitrogens is 1. The van der Waals surface area contributed by atoms with Gasteiger partial charge in [-0.25, -0.2) is 0 Å². The fraction of sp³-hybridized carbons (Fsp3) is 0.625. The van der Waals surface area contributed by atoms with E-state index in [-0.39, 0.29) is 23.3 Å². The first-order valence-electron chi connectivity index (χ1n) is 7.40. The van der Waals surface area contributed by atoms with Gasteiger partial charge in [0, 0.05) is 30.1 Å². The van der Waals surface area contributed by atoms with Gasteiger partial charge in [0.1, 0.15) is 0 Å². The second kappa shape index (κ2) is 5.92. The molecule has 1 aromatic rings. The van der Waals surface area contributed by atoms with Crippen LogP contribution in [0.2, 0.25) is 0 Å². The number of pyridine rings is 1. The highest BCUT2D eigenvalue weighted by molar-refractivity contribution is 5.78. The van der Waals surface area contributed by atoms with E-state index in [2.05, 4.69) is 30.2 Å². The summed E-state index contributed by atoms with van der Waals surface area (Å²) in [5, 5.41) is 3.07. The van der Waals surface area contributed by atoms with Crippen LogP contribution in [0.5, 0.6) is 0 Å². The number of fused-ring (bicyclic) bond motifs is 2. The van der Waals surface area contributed by atoms with E-state index in [0.717, 1.165) is 25.0 Å². The SMILES string of the molecule is C[C@@H]1CCC[C@H](N)c2cc(ccn2)C(C)(C)CNC1=O. The Balaban J connectivity index is 2.31. The second-order valence-electron chi connectivity index (χ2n) is 6.51. The van der Waals surface area contributed by atoms with Crippen molar-refractivity contribution in [3.63, 3.8) is 0 Å². The van der Waals surface area contributed by atoms with E-state index < -0.39 is 0 Å². The number of carbonyl (C=O) groups is 1. The van der Waals surface area contributed by atoms with Crippen LogP contribution < -0.4 is 11.1 Å². The summed E-state index contributed by atoms with van der Waals surface area (Å²) in [5.74, 6) is 0.185. The molecule has 3 N–H and O–H groups in total. The third-order valence-corrected chi connectivity index (χ3v) is 4.25. The molecule has 0 saturated carbocycles. The van der Waals surface area contributed by atoms with Crippen LogP contribution in [-0.2, 0) is 10.2 Å². The lowest BCUT2D eigenvalue weighted by molar-refractivity contribution is -0.124. The molecule has 0 unspecified atom stereocenters. The van der Waals surface area contributed by atoms with E-state index >= 15 is 0 Å². The lowest BCUT2D eigenvalue weighted by Gasteiger charge is -2.28. The number of hydrogen-bond donors (Lipinski definition) is 2. The first-order valence-corrected chi connectivity index (χ1v) is 7.40. The van der Waals surface area contributed by atoms with Gasteiger partial charge in [-0.15, -0.1) is 0 Å². The van der Waals surface area contributed by atoms with Crippen LogP contribution in [0, 0.1) is 5.92 Å².